The van der Waals surface area contributed by atoms with E-state index in [1.807, 2.05) is 13.1 Å². The summed E-state index contributed by atoms with van der Waals surface area (Å²) in [6, 6.07) is 0. The number of nitrogens with zero attached hydrogens (tertiary/aromatic N) is 3. The Balaban J connectivity index is 1.74. The predicted molar refractivity (Wildman–Crippen MR) is 66.1 cm³/mol. The number of hydrogen-bond acceptors (Lipinski definition) is 5. The molecule has 1 amide bonds. The molecule has 1 fully saturated rings. The van der Waals surface area contributed by atoms with E-state index in [2.05, 4.69) is 16.9 Å². The summed E-state index contributed by atoms with van der Waals surface area (Å²) in [6.45, 7) is 5.71. The number of carbonyl (C=O) groups excluding carboxylic acids is 1. The van der Waals surface area contributed by atoms with Gasteiger partial charge in [0.25, 0.3) is 0 Å². The first-order chi connectivity index (χ1) is 8.15. The molecule has 0 unspecified atom stereocenters. The second-order valence-electron chi connectivity index (χ2n) is 4.18. The van der Waals surface area contributed by atoms with Gasteiger partial charge in [0.2, 0.25) is 0 Å². The molecule has 1 saturated heterocycles. The Bertz CT molecular complexity index is 394. The average Bonchev–Trinajstić information content (AvgIpc) is 2.85. The molecule has 2 rings (SSSR count). The molecule has 5 nitrogen and oxygen atoms in total. The molecule has 0 saturated carbocycles. The molecule has 0 aliphatic carbocycles. The highest BCUT2D eigenvalue weighted by molar-refractivity contribution is 7.11. The van der Waals surface area contributed by atoms with Crippen molar-refractivity contribution in [1.29, 1.82) is 0 Å². The van der Waals surface area contributed by atoms with E-state index in [-0.39, 0.29) is 6.09 Å². The molecule has 0 atom stereocenters. The molecule has 17 heavy (non-hydrogen) atoms. The van der Waals surface area contributed by atoms with Crippen LogP contribution in [0.5, 0.6) is 0 Å². The molecular weight excluding hydrogens is 238 g/mol. The van der Waals surface area contributed by atoms with Gasteiger partial charge in [-0.1, -0.05) is 0 Å². The van der Waals surface area contributed by atoms with Crippen molar-refractivity contribution >= 4 is 17.4 Å². The summed E-state index contributed by atoms with van der Waals surface area (Å²) >= 11 is 1.72. The summed E-state index contributed by atoms with van der Waals surface area (Å²) in [5.41, 5.74) is 0. The van der Waals surface area contributed by atoms with Crippen LogP contribution in [0.2, 0.25) is 0 Å². The maximum Gasteiger partial charge on any atom is 0.409 e. The highest BCUT2D eigenvalue weighted by Crippen LogP contribution is 2.13. The van der Waals surface area contributed by atoms with Crippen LogP contribution in [-0.2, 0) is 11.3 Å². The van der Waals surface area contributed by atoms with Crippen LogP contribution in [0.1, 0.15) is 9.88 Å². The first-order valence-electron chi connectivity index (χ1n) is 5.66. The van der Waals surface area contributed by atoms with Crippen molar-refractivity contribution in [2.24, 2.45) is 0 Å². The van der Waals surface area contributed by atoms with E-state index < -0.39 is 0 Å². The van der Waals surface area contributed by atoms with E-state index in [1.165, 1.54) is 4.88 Å². The molecule has 0 bridgehead atoms. The fraction of sp³-hybridized carbons (Fsp3) is 0.636. The lowest BCUT2D eigenvalue weighted by Gasteiger charge is -2.19. The van der Waals surface area contributed by atoms with Crippen LogP contribution >= 0.6 is 11.3 Å². The largest absolute Gasteiger partial charge is 0.448 e. The van der Waals surface area contributed by atoms with Crippen molar-refractivity contribution in [3.05, 3.63) is 16.1 Å². The van der Waals surface area contributed by atoms with Gasteiger partial charge in [-0.05, 0) is 14.0 Å². The first kappa shape index (κ1) is 12.3. The maximum atomic E-state index is 11.2. The third-order valence-electron chi connectivity index (χ3n) is 2.69. The van der Waals surface area contributed by atoms with E-state index in [0.29, 0.717) is 13.2 Å². The van der Waals surface area contributed by atoms with Crippen molar-refractivity contribution in [1.82, 2.24) is 14.8 Å². The van der Waals surface area contributed by atoms with Gasteiger partial charge in [-0.2, -0.15) is 0 Å². The number of hydrogen-bond donors (Lipinski definition) is 0. The van der Waals surface area contributed by atoms with Crippen LogP contribution < -0.4 is 0 Å². The van der Waals surface area contributed by atoms with Gasteiger partial charge in [0.15, 0.2) is 0 Å². The summed E-state index contributed by atoms with van der Waals surface area (Å²) < 4.78 is 4.88. The van der Waals surface area contributed by atoms with Gasteiger partial charge >= 0.3 is 6.09 Å². The van der Waals surface area contributed by atoms with Crippen LogP contribution in [0, 0.1) is 6.92 Å². The number of thiazole rings is 1. The van der Waals surface area contributed by atoms with E-state index in [4.69, 9.17) is 4.74 Å². The van der Waals surface area contributed by atoms with Gasteiger partial charge in [-0.3, -0.25) is 4.90 Å². The van der Waals surface area contributed by atoms with Gasteiger partial charge < -0.3 is 9.64 Å². The molecule has 1 aliphatic rings. The number of aromatic nitrogens is 1. The molecular formula is C11H17N3O2S. The molecule has 0 spiro atoms. The Morgan fingerprint density at radius 2 is 2.47 bits per heavy atom. The molecule has 1 aromatic heterocycles. The number of cyclic esters (lactones) is 1. The van der Waals surface area contributed by atoms with Crippen molar-refractivity contribution in [2.45, 2.75) is 13.5 Å². The Labute approximate surface area is 105 Å². The third kappa shape index (κ3) is 3.41. The zero-order valence-electron chi connectivity index (χ0n) is 10.2. The molecule has 1 aliphatic heterocycles. The summed E-state index contributed by atoms with van der Waals surface area (Å²) in [7, 11) is 2.05. The Kier molecular flexibility index (Phi) is 3.96. The van der Waals surface area contributed by atoms with Gasteiger partial charge in [-0.25, -0.2) is 9.78 Å². The van der Waals surface area contributed by atoms with Crippen molar-refractivity contribution < 1.29 is 9.53 Å². The molecule has 0 N–H and O–H groups in total. The lowest BCUT2D eigenvalue weighted by Crippen LogP contribution is -2.33. The van der Waals surface area contributed by atoms with E-state index in [0.717, 1.165) is 24.6 Å². The molecule has 0 aromatic carbocycles. The molecule has 1 aromatic rings. The average molecular weight is 255 g/mol. The van der Waals surface area contributed by atoms with Crippen LogP contribution in [0.25, 0.3) is 0 Å². The van der Waals surface area contributed by atoms with Gasteiger partial charge in [0.05, 0.1) is 11.6 Å². The topological polar surface area (TPSA) is 45.7 Å². The Morgan fingerprint density at radius 1 is 1.65 bits per heavy atom. The minimum absolute atomic E-state index is 0.188. The van der Waals surface area contributed by atoms with Gasteiger partial charge in [0, 0.05) is 30.7 Å². The zero-order valence-corrected chi connectivity index (χ0v) is 11.0. The maximum absolute atomic E-state index is 11.2. The first-order valence-corrected chi connectivity index (χ1v) is 6.48. The molecule has 2 heterocycles. The Hall–Kier alpha value is -1.14. The minimum Gasteiger partial charge on any atom is -0.448 e. The highest BCUT2D eigenvalue weighted by Gasteiger charge is 2.21. The Morgan fingerprint density at radius 3 is 3.06 bits per heavy atom. The summed E-state index contributed by atoms with van der Waals surface area (Å²) in [4.78, 5) is 20.6. The predicted octanol–water partition coefficient (Wildman–Crippen LogP) is 1.34. The number of likely N-dealkylation sites (N-methyl/N-ethyl adjacent to an activating group) is 1. The summed E-state index contributed by atoms with van der Waals surface area (Å²) in [5.74, 6) is 0. The molecule has 0 radical (unpaired) electrons. The third-order valence-corrected chi connectivity index (χ3v) is 3.59. The molecule has 94 valence electrons. The summed E-state index contributed by atoms with van der Waals surface area (Å²) in [6.07, 6.45) is 1.73. The van der Waals surface area contributed by atoms with E-state index in [1.54, 1.807) is 16.2 Å². The van der Waals surface area contributed by atoms with Crippen LogP contribution in [0.3, 0.4) is 0 Å². The minimum atomic E-state index is -0.188. The summed E-state index contributed by atoms with van der Waals surface area (Å²) in [5, 5.41) is 1.09. The van der Waals surface area contributed by atoms with Crippen molar-refractivity contribution in [3.63, 3.8) is 0 Å². The van der Waals surface area contributed by atoms with Crippen molar-refractivity contribution in [2.75, 3.05) is 33.3 Å². The van der Waals surface area contributed by atoms with Crippen LogP contribution in [0.15, 0.2) is 6.20 Å². The number of amides is 1. The zero-order chi connectivity index (χ0) is 12.3. The second kappa shape index (κ2) is 5.46. The van der Waals surface area contributed by atoms with E-state index >= 15 is 0 Å². The number of aryl methyl sites for hydroxylation is 1. The van der Waals surface area contributed by atoms with Gasteiger partial charge in [-0.15, -0.1) is 11.3 Å². The standard InChI is InChI=1S/C11H17N3O2S/c1-9-12-7-10(17-9)8-13(2)3-4-14-5-6-16-11(14)15/h7H,3-6,8H2,1-2H3. The highest BCUT2D eigenvalue weighted by atomic mass is 32.1. The monoisotopic (exact) mass is 255 g/mol. The second-order valence-corrected chi connectivity index (χ2v) is 5.50. The lowest BCUT2D eigenvalue weighted by molar-refractivity contribution is 0.155. The van der Waals surface area contributed by atoms with Crippen LogP contribution in [0.4, 0.5) is 4.79 Å². The number of rotatable bonds is 5. The fourth-order valence-corrected chi connectivity index (χ4v) is 2.62. The number of ether oxygens (including phenoxy) is 1. The molecule has 6 heteroatoms. The van der Waals surface area contributed by atoms with Crippen LogP contribution in [-0.4, -0.2) is 54.2 Å². The van der Waals surface area contributed by atoms with Gasteiger partial charge in [0.1, 0.15) is 6.61 Å². The lowest BCUT2D eigenvalue weighted by atomic mass is 10.4. The number of carbonyl (C=O) groups is 1. The fourth-order valence-electron chi connectivity index (χ4n) is 1.74. The normalized spacial score (nSPS) is 15.7. The SMILES string of the molecule is Cc1ncc(CN(C)CCN2CCOC2=O)s1. The van der Waals surface area contributed by atoms with E-state index in [9.17, 15) is 4.79 Å². The van der Waals surface area contributed by atoms with Crippen molar-refractivity contribution in [3.8, 4) is 0 Å². The smallest absolute Gasteiger partial charge is 0.409 e. The quantitative estimate of drug-likeness (QED) is 0.796.